The lowest BCUT2D eigenvalue weighted by Gasteiger charge is -2.34. The molecule has 2 N–H and O–H groups in total. The molecule has 1 heterocycles. The van der Waals surface area contributed by atoms with Gasteiger partial charge in [-0.15, -0.1) is 0 Å². The molecule has 6 heteroatoms. The van der Waals surface area contributed by atoms with E-state index in [-0.39, 0.29) is 15.9 Å². The lowest BCUT2D eigenvalue weighted by atomic mass is 9.83. The average Bonchev–Trinajstić information content (AvgIpc) is 2.46. The number of nitrogens with one attached hydrogen (secondary N) is 2. The summed E-state index contributed by atoms with van der Waals surface area (Å²) >= 11 is 0. The molecule has 0 aromatic heterocycles. The van der Waals surface area contributed by atoms with Crippen LogP contribution in [-0.2, 0) is 10.0 Å². The van der Waals surface area contributed by atoms with Gasteiger partial charge in [0.05, 0.1) is 10.5 Å². The van der Waals surface area contributed by atoms with Gasteiger partial charge in [-0.3, -0.25) is 0 Å². The molecule has 5 nitrogen and oxygen atoms in total. The largest absolute Gasteiger partial charge is 0.316 e. The molecule has 1 aromatic rings. The molecule has 0 spiro atoms. The molecular formula is C14H19N3O2S. The fourth-order valence-electron chi connectivity index (χ4n) is 2.41. The smallest absolute Gasteiger partial charge is 0.241 e. The van der Waals surface area contributed by atoms with Crippen molar-refractivity contribution < 1.29 is 8.42 Å². The monoisotopic (exact) mass is 293 g/mol. The first-order valence-corrected chi connectivity index (χ1v) is 8.15. The molecular weight excluding hydrogens is 274 g/mol. The van der Waals surface area contributed by atoms with E-state index >= 15 is 0 Å². The van der Waals surface area contributed by atoms with E-state index < -0.39 is 10.0 Å². The summed E-state index contributed by atoms with van der Waals surface area (Å²) in [7, 11) is -3.64. The van der Waals surface area contributed by atoms with E-state index in [9.17, 15) is 8.42 Å². The van der Waals surface area contributed by atoms with Crippen molar-refractivity contribution in [2.75, 3.05) is 19.6 Å². The summed E-state index contributed by atoms with van der Waals surface area (Å²) in [4.78, 5) is 0.0508. The zero-order valence-electron chi connectivity index (χ0n) is 11.5. The van der Waals surface area contributed by atoms with Crippen molar-refractivity contribution in [3.8, 4) is 6.07 Å². The molecule has 1 saturated heterocycles. The molecule has 20 heavy (non-hydrogen) atoms. The first kappa shape index (κ1) is 15.0. The molecule has 108 valence electrons. The minimum absolute atomic E-state index is 0.0508. The number of sulfonamides is 1. The highest BCUT2D eigenvalue weighted by Crippen LogP contribution is 2.25. The van der Waals surface area contributed by atoms with Crippen LogP contribution < -0.4 is 10.0 Å². The van der Waals surface area contributed by atoms with Crippen LogP contribution in [0.3, 0.4) is 0 Å². The van der Waals surface area contributed by atoms with Crippen LogP contribution in [0.1, 0.15) is 25.3 Å². The Bertz CT molecular complexity index is 614. The van der Waals surface area contributed by atoms with Crippen LogP contribution in [0, 0.1) is 16.7 Å². The fourth-order valence-corrected chi connectivity index (χ4v) is 3.76. The second-order valence-corrected chi connectivity index (χ2v) is 7.26. The summed E-state index contributed by atoms with van der Waals surface area (Å²) in [6.07, 6.45) is 2.04. The maximum absolute atomic E-state index is 12.3. The molecule has 0 radical (unpaired) electrons. The number of rotatable bonds is 4. The van der Waals surface area contributed by atoms with E-state index in [0.29, 0.717) is 6.54 Å². The Hall–Kier alpha value is -1.42. The fraction of sp³-hybridized carbons (Fsp3) is 0.500. The Morgan fingerprint density at radius 3 is 2.85 bits per heavy atom. The maximum atomic E-state index is 12.3. The van der Waals surface area contributed by atoms with Gasteiger partial charge in [-0.05, 0) is 36.9 Å². The summed E-state index contributed by atoms with van der Waals surface area (Å²) in [5.74, 6) is 0. The second-order valence-electron chi connectivity index (χ2n) is 5.52. The molecule has 1 fully saturated rings. The van der Waals surface area contributed by atoms with Crippen molar-refractivity contribution in [1.82, 2.24) is 10.0 Å². The summed E-state index contributed by atoms with van der Waals surface area (Å²) in [6, 6.07) is 8.17. The van der Waals surface area contributed by atoms with Crippen molar-refractivity contribution in [2.24, 2.45) is 5.41 Å². The van der Waals surface area contributed by atoms with Gasteiger partial charge in [0.25, 0.3) is 0 Å². The number of nitriles is 1. The van der Waals surface area contributed by atoms with Crippen LogP contribution in [0.4, 0.5) is 0 Å². The van der Waals surface area contributed by atoms with Crippen molar-refractivity contribution in [1.29, 1.82) is 5.26 Å². The van der Waals surface area contributed by atoms with Crippen LogP contribution in [-0.4, -0.2) is 28.1 Å². The standard InChI is InChI=1S/C14H19N3O2S/c1-14(7-4-8-16-10-14)11-17-20(18,19)13-6-3-2-5-12(13)9-15/h2-3,5-6,16-17H,4,7-8,10-11H2,1H3. The van der Waals surface area contributed by atoms with Crippen molar-refractivity contribution in [2.45, 2.75) is 24.7 Å². The lowest BCUT2D eigenvalue weighted by Crippen LogP contribution is -2.45. The molecule has 1 aliphatic rings. The van der Waals surface area contributed by atoms with Gasteiger partial charge >= 0.3 is 0 Å². The molecule has 1 atom stereocenters. The minimum Gasteiger partial charge on any atom is -0.316 e. The topological polar surface area (TPSA) is 82.0 Å². The highest BCUT2D eigenvalue weighted by Gasteiger charge is 2.29. The number of piperidine rings is 1. The Balaban J connectivity index is 2.14. The molecule has 0 aliphatic carbocycles. The zero-order chi connectivity index (χ0) is 14.6. The average molecular weight is 293 g/mol. The van der Waals surface area contributed by atoms with E-state index in [1.165, 1.54) is 12.1 Å². The number of hydrogen-bond donors (Lipinski definition) is 2. The molecule has 2 rings (SSSR count). The molecule has 0 bridgehead atoms. The number of nitrogens with zero attached hydrogens (tertiary/aromatic N) is 1. The summed E-state index contributed by atoms with van der Waals surface area (Å²) in [5.41, 5.74) is 0.0966. The van der Waals surface area contributed by atoms with E-state index in [1.807, 2.05) is 6.07 Å². The Labute approximate surface area is 120 Å². The van der Waals surface area contributed by atoms with Crippen molar-refractivity contribution in [3.05, 3.63) is 29.8 Å². The molecule has 1 aliphatic heterocycles. The van der Waals surface area contributed by atoms with Gasteiger partial charge < -0.3 is 5.32 Å². The van der Waals surface area contributed by atoms with E-state index in [1.54, 1.807) is 12.1 Å². The first-order chi connectivity index (χ1) is 9.47. The van der Waals surface area contributed by atoms with Gasteiger partial charge in [0.2, 0.25) is 10.0 Å². The van der Waals surface area contributed by atoms with Gasteiger partial charge in [0.1, 0.15) is 6.07 Å². The van der Waals surface area contributed by atoms with Crippen LogP contribution in [0.5, 0.6) is 0 Å². The third-order valence-electron chi connectivity index (χ3n) is 3.67. The van der Waals surface area contributed by atoms with E-state index in [0.717, 1.165) is 25.9 Å². The third kappa shape index (κ3) is 3.37. The van der Waals surface area contributed by atoms with Gasteiger partial charge in [0.15, 0.2) is 0 Å². The van der Waals surface area contributed by atoms with E-state index in [4.69, 9.17) is 5.26 Å². The van der Waals surface area contributed by atoms with Gasteiger partial charge in [-0.2, -0.15) is 5.26 Å². The third-order valence-corrected chi connectivity index (χ3v) is 5.13. The highest BCUT2D eigenvalue weighted by atomic mass is 32.2. The number of benzene rings is 1. The van der Waals surface area contributed by atoms with Gasteiger partial charge in [-0.25, -0.2) is 13.1 Å². The summed E-state index contributed by atoms with van der Waals surface area (Å²) in [6.45, 7) is 4.23. The highest BCUT2D eigenvalue weighted by molar-refractivity contribution is 7.89. The summed E-state index contributed by atoms with van der Waals surface area (Å²) < 4.78 is 27.3. The predicted molar refractivity (Wildman–Crippen MR) is 76.6 cm³/mol. The maximum Gasteiger partial charge on any atom is 0.241 e. The van der Waals surface area contributed by atoms with Crippen LogP contribution in [0.25, 0.3) is 0 Å². The van der Waals surface area contributed by atoms with Crippen LogP contribution in [0.2, 0.25) is 0 Å². The normalized spacial score (nSPS) is 23.2. The Kier molecular flexibility index (Phi) is 4.43. The summed E-state index contributed by atoms with van der Waals surface area (Å²) in [5, 5.41) is 12.3. The molecule has 1 aromatic carbocycles. The quantitative estimate of drug-likeness (QED) is 0.874. The zero-order valence-corrected chi connectivity index (χ0v) is 12.3. The number of hydrogen-bond acceptors (Lipinski definition) is 4. The van der Waals surface area contributed by atoms with E-state index in [2.05, 4.69) is 17.0 Å². The molecule has 0 saturated carbocycles. The molecule has 1 unspecified atom stereocenters. The lowest BCUT2D eigenvalue weighted by molar-refractivity contribution is 0.238. The van der Waals surface area contributed by atoms with Gasteiger partial charge in [0, 0.05) is 13.1 Å². The van der Waals surface area contributed by atoms with Crippen LogP contribution >= 0.6 is 0 Å². The molecule has 0 amide bonds. The predicted octanol–water partition coefficient (Wildman–Crippen LogP) is 1.23. The second kappa shape index (κ2) is 5.92. The van der Waals surface area contributed by atoms with Crippen molar-refractivity contribution in [3.63, 3.8) is 0 Å². The minimum atomic E-state index is -3.64. The first-order valence-electron chi connectivity index (χ1n) is 6.66. The van der Waals surface area contributed by atoms with Gasteiger partial charge in [-0.1, -0.05) is 19.1 Å². The van der Waals surface area contributed by atoms with Crippen LogP contribution in [0.15, 0.2) is 29.2 Å². The SMILES string of the molecule is CC1(CNS(=O)(=O)c2ccccc2C#N)CCCNC1. The van der Waals surface area contributed by atoms with Crippen molar-refractivity contribution >= 4 is 10.0 Å². The Morgan fingerprint density at radius 2 is 2.20 bits per heavy atom. The Morgan fingerprint density at radius 1 is 1.45 bits per heavy atom.